The number of hydrazone groups is 1. The molecular weight excluding hydrogens is 414 g/mol. The van der Waals surface area contributed by atoms with Crippen LogP contribution in [0.4, 0.5) is 0 Å². The average molecular weight is 437 g/mol. The van der Waals surface area contributed by atoms with E-state index in [0.717, 1.165) is 11.3 Å². The molecule has 0 aliphatic carbocycles. The van der Waals surface area contributed by atoms with E-state index >= 15 is 0 Å². The Bertz CT molecular complexity index is 1320. The van der Waals surface area contributed by atoms with Crippen LogP contribution in [0, 0.1) is 6.92 Å². The monoisotopic (exact) mass is 437 g/mol. The van der Waals surface area contributed by atoms with Crippen molar-refractivity contribution in [3.63, 3.8) is 0 Å². The molecule has 4 rings (SSSR count). The van der Waals surface area contributed by atoms with Gasteiger partial charge in [0.2, 0.25) is 0 Å². The van der Waals surface area contributed by atoms with E-state index in [4.69, 9.17) is 4.74 Å². The van der Waals surface area contributed by atoms with Crippen molar-refractivity contribution in [2.45, 2.75) is 13.8 Å². The summed E-state index contributed by atoms with van der Waals surface area (Å²) in [5.74, 6) is -0.417. The van der Waals surface area contributed by atoms with Gasteiger partial charge in [0, 0.05) is 18.0 Å². The molecule has 0 bridgehead atoms. The van der Waals surface area contributed by atoms with Gasteiger partial charge >= 0.3 is 5.97 Å². The summed E-state index contributed by atoms with van der Waals surface area (Å²) < 4.78 is 7.52. The molecule has 6 nitrogen and oxygen atoms in total. The number of aromatic nitrogens is 1. The van der Waals surface area contributed by atoms with E-state index in [1.54, 1.807) is 49.4 Å². The number of nitrogens with zero attached hydrogens (tertiary/aromatic N) is 2. The van der Waals surface area contributed by atoms with Gasteiger partial charge in [-0.3, -0.25) is 4.79 Å². The van der Waals surface area contributed by atoms with E-state index in [0.29, 0.717) is 28.2 Å². The minimum atomic E-state index is -0.446. The Kier molecular flexibility index (Phi) is 6.45. The lowest BCUT2D eigenvalue weighted by Gasteiger charge is -2.12. The van der Waals surface area contributed by atoms with Crippen LogP contribution in [0.25, 0.3) is 5.69 Å². The molecular formula is C27H23N3O3. The zero-order chi connectivity index (χ0) is 23.2. The first-order valence-corrected chi connectivity index (χ1v) is 10.5. The molecule has 0 saturated carbocycles. The van der Waals surface area contributed by atoms with Gasteiger partial charge in [0.15, 0.2) is 0 Å². The minimum absolute atomic E-state index is 0.340. The summed E-state index contributed by atoms with van der Waals surface area (Å²) in [4.78, 5) is 25.5. The largest absolute Gasteiger partial charge is 0.422 e. The van der Waals surface area contributed by atoms with Crippen LogP contribution < -0.4 is 10.2 Å². The second-order valence-corrected chi connectivity index (χ2v) is 7.45. The lowest BCUT2D eigenvalue weighted by atomic mass is 10.1. The summed E-state index contributed by atoms with van der Waals surface area (Å²) in [7, 11) is 0. The Balaban J connectivity index is 1.54. The fourth-order valence-corrected chi connectivity index (χ4v) is 3.45. The lowest BCUT2D eigenvalue weighted by molar-refractivity contribution is 0.0733. The zero-order valence-electron chi connectivity index (χ0n) is 18.4. The van der Waals surface area contributed by atoms with Crippen LogP contribution in [0.2, 0.25) is 0 Å². The predicted molar refractivity (Wildman–Crippen MR) is 128 cm³/mol. The third-order valence-electron chi connectivity index (χ3n) is 5.20. The number of para-hydroxylation sites is 2. The Labute approximate surface area is 192 Å². The molecule has 0 radical (unpaired) electrons. The molecule has 164 valence electrons. The smallest absolute Gasteiger partial charge is 0.343 e. The molecule has 6 heteroatoms. The van der Waals surface area contributed by atoms with Crippen molar-refractivity contribution in [1.82, 2.24) is 9.99 Å². The SMILES string of the molecule is C/C(=N\NC(=O)c1ccccc1-n1cccc1)c1ccccc1OC(=O)c1ccccc1C. The molecule has 0 atom stereocenters. The summed E-state index contributed by atoms with van der Waals surface area (Å²) in [5, 5.41) is 4.27. The van der Waals surface area contributed by atoms with Crippen molar-refractivity contribution in [3.05, 3.63) is 120 Å². The first kappa shape index (κ1) is 21.8. The number of hydrogen-bond donors (Lipinski definition) is 1. The van der Waals surface area contributed by atoms with Gasteiger partial charge in [-0.25, -0.2) is 10.2 Å². The third kappa shape index (κ3) is 4.91. The first-order chi connectivity index (χ1) is 16.0. The number of hydrogen-bond acceptors (Lipinski definition) is 4. The fourth-order valence-electron chi connectivity index (χ4n) is 3.45. The molecule has 0 fully saturated rings. The molecule has 1 heterocycles. The van der Waals surface area contributed by atoms with Crippen LogP contribution in [0.15, 0.2) is 102 Å². The van der Waals surface area contributed by atoms with E-state index in [9.17, 15) is 9.59 Å². The zero-order valence-corrected chi connectivity index (χ0v) is 18.4. The van der Waals surface area contributed by atoms with Gasteiger partial charge in [-0.1, -0.05) is 42.5 Å². The van der Waals surface area contributed by atoms with Gasteiger partial charge < -0.3 is 9.30 Å². The highest BCUT2D eigenvalue weighted by atomic mass is 16.5. The predicted octanol–water partition coefficient (Wildman–Crippen LogP) is 5.16. The van der Waals surface area contributed by atoms with Crippen LogP contribution in [-0.4, -0.2) is 22.2 Å². The van der Waals surface area contributed by atoms with Gasteiger partial charge in [0.05, 0.1) is 22.5 Å². The molecule has 0 unspecified atom stereocenters. The van der Waals surface area contributed by atoms with Crippen LogP contribution in [0.3, 0.4) is 0 Å². The molecule has 0 spiro atoms. The summed E-state index contributed by atoms with van der Waals surface area (Å²) in [6, 6.07) is 25.4. The van der Waals surface area contributed by atoms with Gasteiger partial charge in [-0.15, -0.1) is 0 Å². The van der Waals surface area contributed by atoms with Crippen molar-refractivity contribution in [3.8, 4) is 11.4 Å². The van der Waals surface area contributed by atoms with E-state index in [1.165, 1.54) is 0 Å². The summed E-state index contributed by atoms with van der Waals surface area (Å²) in [6.45, 7) is 3.61. The number of aryl methyl sites for hydroxylation is 1. The Morgan fingerprint density at radius 2 is 1.39 bits per heavy atom. The summed E-state index contributed by atoms with van der Waals surface area (Å²) >= 11 is 0. The summed E-state index contributed by atoms with van der Waals surface area (Å²) in [5.41, 5.74) is 6.31. The second-order valence-electron chi connectivity index (χ2n) is 7.45. The van der Waals surface area contributed by atoms with Crippen LogP contribution in [-0.2, 0) is 0 Å². The highest BCUT2D eigenvalue weighted by Gasteiger charge is 2.16. The maximum absolute atomic E-state index is 12.9. The third-order valence-corrected chi connectivity index (χ3v) is 5.20. The molecule has 1 amide bonds. The second kappa shape index (κ2) is 9.78. The molecule has 4 aromatic rings. The Morgan fingerprint density at radius 3 is 2.12 bits per heavy atom. The maximum atomic E-state index is 12.9. The number of nitrogens with one attached hydrogen (secondary N) is 1. The molecule has 1 aromatic heterocycles. The van der Waals surface area contributed by atoms with E-state index in [2.05, 4.69) is 10.5 Å². The number of amides is 1. The van der Waals surface area contributed by atoms with Crippen molar-refractivity contribution in [2.75, 3.05) is 0 Å². The highest BCUT2D eigenvalue weighted by Crippen LogP contribution is 2.21. The number of carbonyl (C=O) groups excluding carboxylic acids is 2. The quantitative estimate of drug-likeness (QED) is 0.196. The maximum Gasteiger partial charge on any atom is 0.343 e. The highest BCUT2D eigenvalue weighted by molar-refractivity contribution is 6.04. The van der Waals surface area contributed by atoms with E-state index in [-0.39, 0.29) is 5.91 Å². The molecule has 1 N–H and O–H groups in total. The number of ether oxygens (including phenoxy) is 1. The molecule has 0 saturated heterocycles. The number of esters is 1. The normalized spacial score (nSPS) is 11.2. The molecule has 3 aromatic carbocycles. The molecule has 33 heavy (non-hydrogen) atoms. The van der Waals surface area contributed by atoms with Crippen molar-refractivity contribution in [2.24, 2.45) is 5.10 Å². The number of benzene rings is 3. The topological polar surface area (TPSA) is 72.7 Å². The lowest BCUT2D eigenvalue weighted by Crippen LogP contribution is -2.21. The van der Waals surface area contributed by atoms with Gasteiger partial charge in [-0.2, -0.15) is 5.10 Å². The van der Waals surface area contributed by atoms with Gasteiger partial charge in [0.1, 0.15) is 5.75 Å². The Hall–Kier alpha value is -4.45. The van der Waals surface area contributed by atoms with Gasteiger partial charge in [-0.05, 0) is 61.9 Å². The van der Waals surface area contributed by atoms with Crippen LogP contribution in [0.1, 0.15) is 38.8 Å². The molecule has 0 aliphatic heterocycles. The first-order valence-electron chi connectivity index (χ1n) is 10.5. The summed E-state index contributed by atoms with van der Waals surface area (Å²) in [6.07, 6.45) is 3.75. The van der Waals surface area contributed by atoms with Crippen LogP contribution in [0.5, 0.6) is 5.75 Å². The fraction of sp³-hybridized carbons (Fsp3) is 0.0741. The minimum Gasteiger partial charge on any atom is -0.422 e. The van der Waals surface area contributed by atoms with E-state index < -0.39 is 5.97 Å². The number of rotatable bonds is 6. The number of carbonyl (C=O) groups is 2. The van der Waals surface area contributed by atoms with E-state index in [1.807, 2.05) is 66.3 Å². The standard InChI is InChI=1S/C27H23N3O3/c1-19-11-3-4-12-21(19)27(32)33-25-16-8-6-13-22(25)20(2)28-29-26(31)23-14-5-7-15-24(23)30-17-9-10-18-30/h3-18H,1-2H3,(H,29,31)/b28-20+. The Morgan fingerprint density at radius 1 is 0.788 bits per heavy atom. The van der Waals surface area contributed by atoms with Crippen molar-refractivity contribution < 1.29 is 14.3 Å². The van der Waals surface area contributed by atoms with Gasteiger partial charge in [0.25, 0.3) is 5.91 Å². The van der Waals surface area contributed by atoms with Crippen LogP contribution >= 0.6 is 0 Å². The van der Waals surface area contributed by atoms with Crippen molar-refractivity contribution >= 4 is 17.6 Å². The van der Waals surface area contributed by atoms with Crippen molar-refractivity contribution in [1.29, 1.82) is 0 Å². The molecule has 0 aliphatic rings. The average Bonchev–Trinajstić information content (AvgIpc) is 3.38.